The van der Waals surface area contributed by atoms with Gasteiger partial charge >= 0.3 is 5.97 Å². The summed E-state index contributed by atoms with van der Waals surface area (Å²) in [5.41, 5.74) is 1.84. The van der Waals surface area contributed by atoms with Crippen molar-refractivity contribution in [1.29, 1.82) is 0 Å². The summed E-state index contributed by atoms with van der Waals surface area (Å²) in [5.74, 6) is 0.351. The minimum Gasteiger partial charge on any atom is -0.477 e. The Bertz CT molecular complexity index is 654. The van der Waals surface area contributed by atoms with Crippen LogP contribution >= 0.6 is 0 Å². The monoisotopic (exact) mass is 285 g/mol. The van der Waals surface area contributed by atoms with Gasteiger partial charge in [-0.15, -0.1) is 0 Å². The fourth-order valence-electron chi connectivity index (χ4n) is 1.90. The molecule has 110 valence electrons. The summed E-state index contributed by atoms with van der Waals surface area (Å²) in [6.45, 7) is 6.83. The molecular weight excluding hydrogens is 266 g/mol. The van der Waals surface area contributed by atoms with Gasteiger partial charge in [0, 0.05) is 18.2 Å². The van der Waals surface area contributed by atoms with E-state index in [-0.39, 0.29) is 5.69 Å². The molecule has 5 nitrogen and oxygen atoms in total. The maximum atomic E-state index is 11.2. The molecule has 1 aromatic heterocycles. The molecule has 0 aliphatic heterocycles. The van der Waals surface area contributed by atoms with Gasteiger partial charge in [-0.1, -0.05) is 38.1 Å². The van der Waals surface area contributed by atoms with Crippen molar-refractivity contribution in [2.24, 2.45) is 5.92 Å². The lowest BCUT2D eigenvalue weighted by atomic mass is 10.1. The summed E-state index contributed by atoms with van der Waals surface area (Å²) < 4.78 is 0. The van der Waals surface area contributed by atoms with Gasteiger partial charge in [0.15, 0.2) is 11.5 Å². The number of aryl methyl sites for hydroxylation is 1. The normalized spacial score (nSPS) is 10.7. The molecule has 5 heteroatoms. The van der Waals surface area contributed by atoms with Gasteiger partial charge in [0.2, 0.25) is 0 Å². The Morgan fingerprint density at radius 2 is 2.00 bits per heavy atom. The standard InChI is InChI=1S/C16H19N3O2/c1-10(2)9-17-14-8-13(16(20)21)18-15(19-14)12-7-5-4-6-11(12)3/h4-8,10H,9H2,1-3H3,(H,20,21)(H,17,18,19). The molecule has 0 radical (unpaired) electrons. The first kappa shape index (κ1) is 15.0. The molecule has 0 saturated carbocycles. The first-order valence-electron chi connectivity index (χ1n) is 6.89. The smallest absolute Gasteiger partial charge is 0.354 e. The van der Waals surface area contributed by atoms with Crippen LogP contribution < -0.4 is 5.32 Å². The van der Waals surface area contributed by atoms with E-state index < -0.39 is 5.97 Å². The lowest BCUT2D eigenvalue weighted by Crippen LogP contribution is -2.12. The molecule has 0 amide bonds. The average Bonchev–Trinajstić information content (AvgIpc) is 2.45. The predicted molar refractivity (Wildman–Crippen MR) is 82.5 cm³/mol. The molecule has 21 heavy (non-hydrogen) atoms. The zero-order valence-electron chi connectivity index (χ0n) is 12.4. The highest BCUT2D eigenvalue weighted by Crippen LogP contribution is 2.21. The summed E-state index contributed by atoms with van der Waals surface area (Å²) in [6.07, 6.45) is 0. The van der Waals surface area contributed by atoms with Crippen LogP contribution in [0.3, 0.4) is 0 Å². The predicted octanol–water partition coefficient (Wildman–Crippen LogP) is 3.22. The van der Waals surface area contributed by atoms with E-state index in [4.69, 9.17) is 0 Å². The highest BCUT2D eigenvalue weighted by Gasteiger charge is 2.13. The number of nitrogens with one attached hydrogen (secondary N) is 1. The molecule has 0 spiro atoms. The molecular formula is C16H19N3O2. The van der Waals surface area contributed by atoms with E-state index >= 15 is 0 Å². The number of nitrogens with zero attached hydrogens (tertiary/aromatic N) is 2. The average molecular weight is 285 g/mol. The van der Waals surface area contributed by atoms with Crippen molar-refractivity contribution in [3.05, 3.63) is 41.6 Å². The van der Waals surface area contributed by atoms with Crippen molar-refractivity contribution in [2.45, 2.75) is 20.8 Å². The molecule has 0 unspecified atom stereocenters. The summed E-state index contributed by atoms with van der Waals surface area (Å²) >= 11 is 0. The molecule has 1 aromatic carbocycles. The largest absolute Gasteiger partial charge is 0.477 e. The Hall–Kier alpha value is -2.43. The van der Waals surface area contributed by atoms with Gasteiger partial charge in [0.05, 0.1) is 0 Å². The first-order chi connectivity index (χ1) is 9.97. The lowest BCUT2D eigenvalue weighted by molar-refractivity contribution is 0.0690. The number of hydrogen-bond acceptors (Lipinski definition) is 4. The third kappa shape index (κ3) is 3.78. The molecule has 2 aromatic rings. The van der Waals surface area contributed by atoms with Crippen molar-refractivity contribution >= 4 is 11.8 Å². The Morgan fingerprint density at radius 3 is 2.62 bits per heavy atom. The Morgan fingerprint density at radius 1 is 1.29 bits per heavy atom. The van der Waals surface area contributed by atoms with E-state index in [2.05, 4.69) is 29.1 Å². The third-order valence-corrected chi connectivity index (χ3v) is 3.02. The van der Waals surface area contributed by atoms with Crippen LogP contribution in [0.4, 0.5) is 5.82 Å². The maximum Gasteiger partial charge on any atom is 0.354 e. The van der Waals surface area contributed by atoms with Crippen LogP contribution in [0.1, 0.15) is 29.9 Å². The second-order valence-corrected chi connectivity index (χ2v) is 5.36. The van der Waals surface area contributed by atoms with Gasteiger partial charge in [0.1, 0.15) is 5.82 Å². The van der Waals surface area contributed by atoms with E-state index in [9.17, 15) is 9.90 Å². The zero-order chi connectivity index (χ0) is 15.4. The van der Waals surface area contributed by atoms with E-state index in [1.807, 2.05) is 31.2 Å². The highest BCUT2D eigenvalue weighted by molar-refractivity contribution is 5.87. The molecule has 0 aliphatic rings. The van der Waals surface area contributed by atoms with Crippen molar-refractivity contribution in [3.63, 3.8) is 0 Å². The number of aromatic carboxylic acids is 1. The van der Waals surface area contributed by atoms with Crippen LogP contribution in [0.15, 0.2) is 30.3 Å². The summed E-state index contributed by atoms with van der Waals surface area (Å²) in [6, 6.07) is 9.13. The zero-order valence-corrected chi connectivity index (χ0v) is 12.4. The number of hydrogen-bond donors (Lipinski definition) is 2. The molecule has 0 atom stereocenters. The summed E-state index contributed by atoms with van der Waals surface area (Å²) in [7, 11) is 0. The molecule has 0 aliphatic carbocycles. The van der Waals surface area contributed by atoms with Gasteiger partial charge in [0.25, 0.3) is 0 Å². The second kappa shape index (κ2) is 6.35. The molecule has 0 fully saturated rings. The van der Waals surface area contributed by atoms with Gasteiger partial charge in [-0.25, -0.2) is 14.8 Å². The van der Waals surface area contributed by atoms with Crippen molar-refractivity contribution in [2.75, 3.05) is 11.9 Å². The van der Waals surface area contributed by atoms with Crippen LogP contribution in [0.5, 0.6) is 0 Å². The maximum absolute atomic E-state index is 11.2. The fraction of sp³-hybridized carbons (Fsp3) is 0.312. The van der Waals surface area contributed by atoms with Crippen LogP contribution in [0, 0.1) is 12.8 Å². The first-order valence-corrected chi connectivity index (χ1v) is 6.89. The van der Waals surface area contributed by atoms with E-state index in [0.717, 1.165) is 17.7 Å². The van der Waals surface area contributed by atoms with Crippen LogP contribution in [-0.2, 0) is 0 Å². The minimum atomic E-state index is -1.06. The molecule has 0 bridgehead atoms. The van der Waals surface area contributed by atoms with Gasteiger partial charge < -0.3 is 10.4 Å². The quantitative estimate of drug-likeness (QED) is 0.882. The number of carboxylic acid groups (broad SMARTS) is 1. The third-order valence-electron chi connectivity index (χ3n) is 3.02. The van der Waals surface area contributed by atoms with Crippen LogP contribution in [-0.4, -0.2) is 27.6 Å². The highest BCUT2D eigenvalue weighted by atomic mass is 16.4. The number of carboxylic acids is 1. The second-order valence-electron chi connectivity index (χ2n) is 5.36. The van der Waals surface area contributed by atoms with Gasteiger partial charge in [-0.3, -0.25) is 0 Å². The fourth-order valence-corrected chi connectivity index (χ4v) is 1.90. The summed E-state index contributed by atoms with van der Waals surface area (Å²) in [5, 5.41) is 12.4. The van der Waals surface area contributed by atoms with E-state index in [0.29, 0.717) is 17.6 Å². The molecule has 0 saturated heterocycles. The number of benzene rings is 1. The Labute approximate surface area is 124 Å². The van der Waals surface area contributed by atoms with Crippen LogP contribution in [0.2, 0.25) is 0 Å². The number of rotatable bonds is 5. The number of anilines is 1. The number of carbonyl (C=O) groups is 1. The topological polar surface area (TPSA) is 75.1 Å². The minimum absolute atomic E-state index is 0.00508. The Balaban J connectivity index is 2.45. The van der Waals surface area contributed by atoms with Gasteiger partial charge in [-0.05, 0) is 18.4 Å². The van der Waals surface area contributed by atoms with Crippen molar-refractivity contribution in [3.8, 4) is 11.4 Å². The van der Waals surface area contributed by atoms with Crippen molar-refractivity contribution in [1.82, 2.24) is 9.97 Å². The molecule has 2 rings (SSSR count). The molecule has 2 N–H and O–H groups in total. The lowest BCUT2D eigenvalue weighted by Gasteiger charge is -2.11. The Kier molecular flexibility index (Phi) is 4.52. The summed E-state index contributed by atoms with van der Waals surface area (Å²) in [4.78, 5) is 19.8. The van der Waals surface area contributed by atoms with E-state index in [1.165, 1.54) is 6.07 Å². The van der Waals surface area contributed by atoms with E-state index in [1.54, 1.807) is 0 Å². The van der Waals surface area contributed by atoms with Crippen LogP contribution in [0.25, 0.3) is 11.4 Å². The molecule has 1 heterocycles. The van der Waals surface area contributed by atoms with Gasteiger partial charge in [-0.2, -0.15) is 0 Å². The van der Waals surface area contributed by atoms with Crippen molar-refractivity contribution < 1.29 is 9.90 Å². The number of aromatic nitrogens is 2. The SMILES string of the molecule is Cc1ccccc1-c1nc(NCC(C)C)cc(C(=O)O)n1.